The smallest absolute Gasteiger partial charge is 0.116 e. The minimum absolute atomic E-state index is 0.446. The standard InChI is InChI=1S/C6H11N3/c1-6(2)3-8-5-9-4-7/h3-7H,1-2H3/b7-4?,8-3-,9-5-. The molecule has 3 nitrogen and oxygen atoms in total. The Balaban J connectivity index is 3.46. The van der Waals surface area contributed by atoms with Crippen LogP contribution >= 0.6 is 0 Å². The van der Waals surface area contributed by atoms with E-state index < -0.39 is 0 Å². The zero-order chi connectivity index (χ0) is 7.11. The molecular weight excluding hydrogens is 114 g/mol. The molecule has 9 heavy (non-hydrogen) atoms. The Hall–Kier alpha value is -0.990. The van der Waals surface area contributed by atoms with Crippen LogP contribution in [0.4, 0.5) is 0 Å². The molecule has 0 amide bonds. The number of nitrogens with zero attached hydrogens (tertiary/aromatic N) is 2. The number of rotatable bonds is 3. The molecule has 0 aliphatic rings. The lowest BCUT2D eigenvalue weighted by molar-refractivity contribution is 0.909. The van der Waals surface area contributed by atoms with Crippen LogP contribution in [0.5, 0.6) is 0 Å². The van der Waals surface area contributed by atoms with E-state index in [0.29, 0.717) is 5.92 Å². The van der Waals surface area contributed by atoms with Crippen LogP contribution in [0.25, 0.3) is 0 Å². The number of aliphatic imine (C=N–C) groups is 2. The van der Waals surface area contributed by atoms with Gasteiger partial charge in [0.15, 0.2) is 0 Å². The van der Waals surface area contributed by atoms with Gasteiger partial charge in [-0.3, -0.25) is 5.41 Å². The highest BCUT2D eigenvalue weighted by molar-refractivity contribution is 5.77. The molecule has 0 fully saturated rings. The van der Waals surface area contributed by atoms with Gasteiger partial charge < -0.3 is 0 Å². The van der Waals surface area contributed by atoms with Crippen LogP contribution in [0.3, 0.4) is 0 Å². The molecule has 0 atom stereocenters. The van der Waals surface area contributed by atoms with Crippen molar-refractivity contribution >= 4 is 18.9 Å². The van der Waals surface area contributed by atoms with Gasteiger partial charge >= 0.3 is 0 Å². The Kier molecular flexibility index (Phi) is 4.59. The molecule has 0 aliphatic carbocycles. The fraction of sp³-hybridized carbons (Fsp3) is 0.500. The molecule has 0 aromatic heterocycles. The van der Waals surface area contributed by atoms with Crippen molar-refractivity contribution in [2.45, 2.75) is 13.8 Å². The zero-order valence-corrected chi connectivity index (χ0v) is 5.70. The summed E-state index contributed by atoms with van der Waals surface area (Å²) in [4.78, 5) is 7.26. The lowest BCUT2D eigenvalue weighted by atomic mass is 10.3. The summed E-state index contributed by atoms with van der Waals surface area (Å²) in [6.45, 7) is 4.06. The van der Waals surface area contributed by atoms with Crippen LogP contribution in [0.15, 0.2) is 9.98 Å². The molecule has 0 aromatic carbocycles. The average Bonchev–Trinajstić information content (AvgIpc) is 1.80. The second kappa shape index (κ2) is 5.15. The van der Waals surface area contributed by atoms with Gasteiger partial charge in [-0.1, -0.05) is 13.8 Å². The number of nitrogens with one attached hydrogen (secondary N) is 1. The molecule has 3 heteroatoms. The van der Waals surface area contributed by atoms with Crippen LogP contribution < -0.4 is 0 Å². The van der Waals surface area contributed by atoms with Crippen molar-refractivity contribution in [3.05, 3.63) is 0 Å². The van der Waals surface area contributed by atoms with Crippen molar-refractivity contribution < 1.29 is 0 Å². The largest absolute Gasteiger partial charge is 0.289 e. The van der Waals surface area contributed by atoms with Gasteiger partial charge in [0.1, 0.15) is 12.7 Å². The van der Waals surface area contributed by atoms with E-state index in [2.05, 4.69) is 9.98 Å². The summed E-state index contributed by atoms with van der Waals surface area (Å²) in [6.07, 6.45) is 4.08. The van der Waals surface area contributed by atoms with E-state index in [1.165, 1.54) is 6.34 Å². The second-order valence-corrected chi connectivity index (χ2v) is 1.94. The summed E-state index contributed by atoms with van der Waals surface area (Å²) in [7, 11) is 0. The number of hydrogen-bond donors (Lipinski definition) is 1. The van der Waals surface area contributed by atoms with Crippen molar-refractivity contribution in [1.82, 2.24) is 0 Å². The van der Waals surface area contributed by atoms with E-state index in [0.717, 1.165) is 6.34 Å². The molecule has 0 radical (unpaired) electrons. The maximum Gasteiger partial charge on any atom is 0.116 e. The van der Waals surface area contributed by atoms with Gasteiger partial charge in [0.05, 0.1) is 0 Å². The summed E-state index contributed by atoms with van der Waals surface area (Å²) in [5.74, 6) is 0.446. The summed E-state index contributed by atoms with van der Waals surface area (Å²) in [6, 6.07) is 0. The van der Waals surface area contributed by atoms with Crippen molar-refractivity contribution in [2.75, 3.05) is 0 Å². The average molecular weight is 125 g/mol. The zero-order valence-electron chi connectivity index (χ0n) is 5.70. The molecule has 0 unspecified atom stereocenters. The maximum absolute atomic E-state index is 6.49. The van der Waals surface area contributed by atoms with Crippen LogP contribution in [0.2, 0.25) is 0 Å². The molecule has 0 rings (SSSR count). The van der Waals surface area contributed by atoms with Gasteiger partial charge in [0.2, 0.25) is 0 Å². The van der Waals surface area contributed by atoms with E-state index in [1.54, 1.807) is 6.21 Å². The first-order valence-electron chi connectivity index (χ1n) is 2.81. The predicted molar refractivity (Wildman–Crippen MR) is 40.6 cm³/mol. The number of hydrogen-bond acceptors (Lipinski definition) is 1. The summed E-state index contributed by atoms with van der Waals surface area (Å²) in [5.41, 5.74) is 0. The van der Waals surface area contributed by atoms with Gasteiger partial charge in [-0.25, -0.2) is 9.98 Å². The van der Waals surface area contributed by atoms with Crippen molar-refractivity contribution in [3.8, 4) is 0 Å². The summed E-state index contributed by atoms with van der Waals surface area (Å²) in [5, 5.41) is 6.49. The van der Waals surface area contributed by atoms with Gasteiger partial charge in [0.25, 0.3) is 0 Å². The molecule has 1 N–H and O–H groups in total. The van der Waals surface area contributed by atoms with Gasteiger partial charge in [-0.2, -0.15) is 0 Å². The van der Waals surface area contributed by atoms with Gasteiger partial charge in [-0.05, 0) is 5.92 Å². The lowest BCUT2D eigenvalue weighted by Crippen LogP contribution is -1.86. The first-order valence-corrected chi connectivity index (χ1v) is 2.81. The van der Waals surface area contributed by atoms with E-state index >= 15 is 0 Å². The Morgan fingerprint density at radius 1 is 1.33 bits per heavy atom. The topological polar surface area (TPSA) is 48.6 Å². The van der Waals surface area contributed by atoms with Gasteiger partial charge in [0, 0.05) is 6.21 Å². The first-order chi connectivity index (χ1) is 4.27. The first kappa shape index (κ1) is 8.01. The quantitative estimate of drug-likeness (QED) is 0.437. The fourth-order valence-electron chi connectivity index (χ4n) is 0.282. The second-order valence-electron chi connectivity index (χ2n) is 1.94. The van der Waals surface area contributed by atoms with E-state index in [-0.39, 0.29) is 0 Å². The maximum atomic E-state index is 6.49. The van der Waals surface area contributed by atoms with Crippen LogP contribution in [0.1, 0.15) is 13.8 Å². The van der Waals surface area contributed by atoms with Crippen LogP contribution in [-0.4, -0.2) is 18.9 Å². The Labute approximate surface area is 55.0 Å². The third-order valence-corrected chi connectivity index (χ3v) is 0.592. The van der Waals surface area contributed by atoms with Gasteiger partial charge in [-0.15, -0.1) is 0 Å². The Bertz CT molecular complexity index is 124. The highest BCUT2D eigenvalue weighted by Gasteiger charge is 1.79. The SMILES string of the molecule is CC(C)/C=N\C=N/C=N. The van der Waals surface area contributed by atoms with Crippen LogP contribution in [0, 0.1) is 11.3 Å². The van der Waals surface area contributed by atoms with Crippen molar-refractivity contribution in [2.24, 2.45) is 15.9 Å². The predicted octanol–water partition coefficient (Wildman–Crippen LogP) is 1.35. The van der Waals surface area contributed by atoms with Crippen molar-refractivity contribution in [3.63, 3.8) is 0 Å². The third kappa shape index (κ3) is 7.01. The monoisotopic (exact) mass is 125 g/mol. The van der Waals surface area contributed by atoms with Crippen molar-refractivity contribution in [1.29, 1.82) is 5.41 Å². The fourth-order valence-corrected chi connectivity index (χ4v) is 0.282. The molecule has 0 heterocycles. The minimum atomic E-state index is 0.446. The molecule has 0 bridgehead atoms. The minimum Gasteiger partial charge on any atom is -0.289 e. The third-order valence-electron chi connectivity index (χ3n) is 0.592. The lowest BCUT2D eigenvalue weighted by Gasteiger charge is -1.86. The Morgan fingerprint density at radius 2 is 2.00 bits per heavy atom. The van der Waals surface area contributed by atoms with Crippen LogP contribution in [-0.2, 0) is 0 Å². The molecule has 0 aromatic rings. The van der Waals surface area contributed by atoms with E-state index in [1.807, 2.05) is 13.8 Å². The highest BCUT2D eigenvalue weighted by atomic mass is 14.9. The van der Waals surface area contributed by atoms with E-state index in [4.69, 9.17) is 5.41 Å². The molecule has 0 spiro atoms. The normalized spacial score (nSPS) is 11.9. The molecule has 50 valence electrons. The molecular formula is C6H11N3. The highest BCUT2D eigenvalue weighted by Crippen LogP contribution is 1.82. The molecule has 0 saturated heterocycles. The summed E-state index contributed by atoms with van der Waals surface area (Å²) >= 11 is 0. The molecule has 0 saturated carbocycles. The molecule has 0 aliphatic heterocycles. The Morgan fingerprint density at radius 3 is 2.44 bits per heavy atom. The summed E-state index contributed by atoms with van der Waals surface area (Å²) < 4.78 is 0. The van der Waals surface area contributed by atoms with E-state index in [9.17, 15) is 0 Å².